The molecule has 35 heavy (non-hydrogen) atoms. The number of carbonyl (C=O) groups excluding carboxylic acids is 3. The predicted octanol–water partition coefficient (Wildman–Crippen LogP) is 3.19. The zero-order chi connectivity index (χ0) is 25.5. The Hall–Kier alpha value is -3.23. The van der Waals surface area contributed by atoms with Crippen LogP contribution in [0.5, 0.6) is 0 Å². The first-order valence-electron chi connectivity index (χ1n) is 12.4. The minimum Gasteiger partial charge on any atom is -0.384 e. The van der Waals surface area contributed by atoms with Gasteiger partial charge in [0.05, 0.1) is 18.5 Å². The van der Waals surface area contributed by atoms with Gasteiger partial charge < -0.3 is 15.1 Å². The van der Waals surface area contributed by atoms with E-state index in [9.17, 15) is 19.2 Å². The van der Waals surface area contributed by atoms with Crippen LogP contribution in [-0.2, 0) is 11.3 Å². The molecule has 1 aromatic heterocycles. The van der Waals surface area contributed by atoms with Gasteiger partial charge in [0, 0.05) is 11.6 Å². The second-order valence-electron chi connectivity index (χ2n) is 10.1. The van der Waals surface area contributed by atoms with Crippen molar-refractivity contribution in [3.8, 4) is 0 Å². The molecule has 9 heteroatoms. The molecule has 3 atom stereocenters. The lowest BCUT2D eigenvalue weighted by atomic mass is 9.83. The van der Waals surface area contributed by atoms with E-state index in [1.54, 1.807) is 24.3 Å². The first-order chi connectivity index (χ1) is 16.7. The molecule has 1 fully saturated rings. The third-order valence-corrected chi connectivity index (χ3v) is 6.15. The molecule has 3 rings (SSSR count). The molecule has 2 aromatic rings. The quantitative estimate of drug-likeness (QED) is 0.499. The molecular formula is C26H36N4O5. The van der Waals surface area contributed by atoms with Gasteiger partial charge in [0.2, 0.25) is 11.7 Å². The Morgan fingerprint density at radius 2 is 1.74 bits per heavy atom. The number of carbonyl (C=O) groups is 3. The number of benzene rings is 1. The first-order valence-corrected chi connectivity index (χ1v) is 12.4. The molecule has 0 bridgehead atoms. The lowest BCUT2D eigenvalue weighted by Crippen LogP contribution is -2.52. The minimum absolute atomic E-state index is 0.105. The number of hydrogen-bond acceptors (Lipinski definition) is 6. The normalized spacial score (nSPS) is 18.9. The lowest BCUT2D eigenvalue weighted by Gasteiger charge is -2.32. The van der Waals surface area contributed by atoms with Crippen molar-refractivity contribution in [1.29, 1.82) is 0 Å². The number of ketones is 1. The van der Waals surface area contributed by atoms with Crippen molar-refractivity contribution in [2.24, 2.45) is 17.8 Å². The van der Waals surface area contributed by atoms with Gasteiger partial charge in [-0.25, -0.2) is 4.79 Å². The number of nitrogens with one attached hydrogen (secondary N) is 2. The SMILES string of the molecule is CC(C)CC(NC(=O)[C@@H]1CCCC[C@@H]1NC(=O)c1ccccc1)C(=O)c1nn(CC(C)C)c(=O)o1. The summed E-state index contributed by atoms with van der Waals surface area (Å²) in [6, 6.07) is 7.70. The van der Waals surface area contributed by atoms with E-state index in [0.29, 0.717) is 31.4 Å². The zero-order valence-electron chi connectivity index (χ0n) is 21.0. The molecule has 1 aliphatic rings. The Kier molecular flexibility index (Phi) is 9.01. The van der Waals surface area contributed by atoms with Crippen molar-refractivity contribution >= 4 is 17.6 Å². The van der Waals surface area contributed by atoms with E-state index in [4.69, 9.17) is 4.42 Å². The summed E-state index contributed by atoms with van der Waals surface area (Å²) in [5.74, 6) is -2.20. The fraction of sp³-hybridized carbons (Fsp3) is 0.577. The first kappa shape index (κ1) is 26.4. The van der Waals surface area contributed by atoms with E-state index in [1.807, 2.05) is 33.8 Å². The van der Waals surface area contributed by atoms with Crippen LogP contribution in [0.2, 0.25) is 0 Å². The van der Waals surface area contributed by atoms with Crippen molar-refractivity contribution in [3.63, 3.8) is 0 Å². The lowest BCUT2D eigenvalue weighted by molar-refractivity contribution is -0.127. The van der Waals surface area contributed by atoms with Gasteiger partial charge >= 0.3 is 5.76 Å². The van der Waals surface area contributed by atoms with Crippen LogP contribution >= 0.6 is 0 Å². The summed E-state index contributed by atoms with van der Waals surface area (Å²) < 4.78 is 6.27. The summed E-state index contributed by atoms with van der Waals surface area (Å²) in [6.45, 7) is 8.09. The van der Waals surface area contributed by atoms with Gasteiger partial charge in [-0.3, -0.25) is 14.4 Å². The Morgan fingerprint density at radius 3 is 2.40 bits per heavy atom. The van der Waals surface area contributed by atoms with Crippen LogP contribution in [0.25, 0.3) is 0 Å². The molecule has 1 aromatic carbocycles. The van der Waals surface area contributed by atoms with Crippen LogP contribution in [0.4, 0.5) is 0 Å². The topological polar surface area (TPSA) is 123 Å². The van der Waals surface area contributed by atoms with E-state index in [-0.39, 0.29) is 35.6 Å². The highest BCUT2D eigenvalue weighted by Gasteiger charge is 2.35. The summed E-state index contributed by atoms with van der Waals surface area (Å²) in [5.41, 5.74) is 0.539. The Labute approximate surface area is 205 Å². The molecule has 9 nitrogen and oxygen atoms in total. The molecule has 1 aliphatic carbocycles. The molecule has 0 saturated heterocycles. The van der Waals surface area contributed by atoms with E-state index >= 15 is 0 Å². The Morgan fingerprint density at radius 1 is 1.06 bits per heavy atom. The maximum Gasteiger partial charge on any atom is 0.437 e. The van der Waals surface area contributed by atoms with Crippen molar-refractivity contribution in [3.05, 3.63) is 52.3 Å². The van der Waals surface area contributed by atoms with E-state index in [0.717, 1.165) is 17.5 Å². The predicted molar refractivity (Wildman–Crippen MR) is 131 cm³/mol. The van der Waals surface area contributed by atoms with Crippen LogP contribution < -0.4 is 16.4 Å². The van der Waals surface area contributed by atoms with E-state index in [2.05, 4.69) is 15.7 Å². The summed E-state index contributed by atoms with van der Waals surface area (Å²) in [7, 11) is 0. The second-order valence-corrected chi connectivity index (χ2v) is 10.1. The van der Waals surface area contributed by atoms with Gasteiger partial charge in [0.1, 0.15) is 0 Å². The Bertz CT molecular complexity index is 1070. The van der Waals surface area contributed by atoms with Crippen molar-refractivity contribution in [2.75, 3.05) is 0 Å². The number of amides is 2. The summed E-state index contributed by atoms with van der Waals surface area (Å²) in [6.07, 6.45) is 3.46. The molecule has 1 heterocycles. The van der Waals surface area contributed by atoms with Crippen LogP contribution in [0.1, 0.15) is 80.8 Å². The summed E-state index contributed by atoms with van der Waals surface area (Å²) >= 11 is 0. The average Bonchev–Trinajstić information content (AvgIpc) is 3.18. The van der Waals surface area contributed by atoms with Crippen LogP contribution in [0.15, 0.2) is 39.5 Å². The van der Waals surface area contributed by atoms with Crippen LogP contribution in [-0.4, -0.2) is 39.5 Å². The maximum absolute atomic E-state index is 13.3. The zero-order valence-corrected chi connectivity index (χ0v) is 21.0. The highest BCUT2D eigenvalue weighted by Crippen LogP contribution is 2.26. The smallest absolute Gasteiger partial charge is 0.384 e. The molecular weight excluding hydrogens is 448 g/mol. The van der Waals surface area contributed by atoms with Gasteiger partial charge in [-0.15, -0.1) is 5.10 Å². The van der Waals surface area contributed by atoms with E-state index in [1.165, 1.54) is 0 Å². The average molecular weight is 485 g/mol. The van der Waals surface area contributed by atoms with Gasteiger partial charge in [-0.2, -0.15) is 4.68 Å². The molecule has 2 N–H and O–H groups in total. The minimum atomic E-state index is -0.875. The molecule has 0 spiro atoms. The largest absolute Gasteiger partial charge is 0.437 e. The summed E-state index contributed by atoms with van der Waals surface area (Å²) in [4.78, 5) is 51.4. The van der Waals surface area contributed by atoms with E-state index < -0.39 is 23.5 Å². The molecule has 1 saturated carbocycles. The fourth-order valence-corrected chi connectivity index (χ4v) is 4.46. The third-order valence-electron chi connectivity index (χ3n) is 6.15. The number of Topliss-reactive ketones (excluding diaryl/α,β-unsaturated/α-hetero) is 1. The van der Waals surface area contributed by atoms with Crippen LogP contribution in [0.3, 0.4) is 0 Å². The van der Waals surface area contributed by atoms with Crippen molar-refractivity contribution in [1.82, 2.24) is 20.4 Å². The monoisotopic (exact) mass is 484 g/mol. The highest BCUT2D eigenvalue weighted by atomic mass is 16.4. The Balaban J connectivity index is 1.74. The number of rotatable bonds is 10. The second kappa shape index (κ2) is 12.0. The van der Waals surface area contributed by atoms with Gasteiger partial charge in [0.15, 0.2) is 0 Å². The van der Waals surface area contributed by atoms with Gasteiger partial charge in [-0.05, 0) is 43.2 Å². The van der Waals surface area contributed by atoms with Gasteiger partial charge in [-0.1, -0.05) is 58.7 Å². The third kappa shape index (κ3) is 7.13. The molecule has 0 radical (unpaired) electrons. The molecule has 0 aliphatic heterocycles. The standard InChI is InChI=1S/C26H36N4O5/c1-16(2)14-21(22(31)25-29-30(15-17(3)4)26(34)35-25)28-24(33)19-12-8-9-13-20(19)27-23(32)18-10-6-5-7-11-18/h5-7,10-11,16-17,19-21H,8-9,12-15H2,1-4H3,(H,27,32)(H,28,33)/t19-,20+,21?/m1/s1. The summed E-state index contributed by atoms with van der Waals surface area (Å²) in [5, 5.41) is 9.95. The number of aromatic nitrogens is 2. The highest BCUT2D eigenvalue weighted by molar-refractivity contribution is 5.99. The molecule has 190 valence electrons. The fourth-order valence-electron chi connectivity index (χ4n) is 4.46. The molecule has 2 amide bonds. The van der Waals surface area contributed by atoms with Crippen molar-refractivity contribution in [2.45, 2.75) is 78.4 Å². The molecule has 1 unspecified atom stereocenters. The number of nitrogens with zero attached hydrogens (tertiary/aromatic N) is 2. The number of hydrogen-bond donors (Lipinski definition) is 2. The maximum atomic E-state index is 13.3. The van der Waals surface area contributed by atoms with Gasteiger partial charge in [0.25, 0.3) is 11.8 Å². The van der Waals surface area contributed by atoms with Crippen molar-refractivity contribution < 1.29 is 18.8 Å². The van der Waals surface area contributed by atoms with Crippen LogP contribution in [0, 0.1) is 17.8 Å².